The molecule has 1 unspecified atom stereocenters. The van der Waals surface area contributed by atoms with Crippen molar-refractivity contribution in [3.8, 4) is 0 Å². The number of fused-ring (bicyclic) bond motifs is 2. The molecule has 6 N–H and O–H groups in total. The monoisotopic (exact) mass is 660 g/mol. The molecule has 0 amide bonds. The van der Waals surface area contributed by atoms with Crippen LogP contribution < -0.4 is 11.5 Å². The number of hydrogen-bond donors (Lipinski definition) is 5. The van der Waals surface area contributed by atoms with E-state index in [-0.39, 0.29) is 37.5 Å². The normalized spacial score (nSPS) is 26.3. The molecule has 2 fully saturated rings. The predicted octanol–water partition coefficient (Wildman–Crippen LogP) is 1.46. The number of nitrogens with two attached hydrogens (primary N) is 2. The van der Waals surface area contributed by atoms with Crippen LogP contribution in [0.25, 0.3) is 22.3 Å². The van der Waals surface area contributed by atoms with E-state index in [0.717, 1.165) is 0 Å². The summed E-state index contributed by atoms with van der Waals surface area (Å²) in [6, 6.07) is 0. The van der Waals surface area contributed by atoms with E-state index in [1.54, 1.807) is 15.5 Å². The van der Waals surface area contributed by atoms with Gasteiger partial charge in [0.2, 0.25) is 0 Å². The lowest BCUT2D eigenvalue weighted by atomic mass is 10.2. The molecule has 22 heteroatoms. The fourth-order valence-electron chi connectivity index (χ4n) is 4.86. The molecule has 0 bridgehead atoms. The van der Waals surface area contributed by atoms with Crippen LogP contribution in [0.5, 0.6) is 0 Å². The van der Waals surface area contributed by atoms with Crippen molar-refractivity contribution in [1.82, 2.24) is 39.0 Å². The number of ether oxygens (including phenoxy) is 2. The summed E-state index contributed by atoms with van der Waals surface area (Å²) < 4.78 is 45.2. The highest BCUT2D eigenvalue weighted by Gasteiger charge is 2.43. The Kier molecular flexibility index (Phi) is 8.22. The van der Waals surface area contributed by atoms with E-state index in [4.69, 9.17) is 34.5 Å². The van der Waals surface area contributed by atoms with Crippen LogP contribution in [0.2, 0.25) is 0 Å². The molecule has 2 aliphatic rings. The molecule has 42 heavy (non-hydrogen) atoms. The lowest BCUT2D eigenvalue weighted by Gasteiger charge is -2.23. The highest BCUT2D eigenvalue weighted by atomic mass is 32.7. The number of imidazole rings is 2. The second-order valence-corrected chi connectivity index (χ2v) is 15.1. The third kappa shape index (κ3) is 6.29. The molecule has 6 heterocycles. The molecular formula is C20H26N10O8P2S2. The van der Waals surface area contributed by atoms with Crippen molar-refractivity contribution in [2.24, 2.45) is 0 Å². The van der Waals surface area contributed by atoms with Gasteiger partial charge >= 0.3 is 13.5 Å². The van der Waals surface area contributed by atoms with E-state index in [0.29, 0.717) is 35.2 Å². The summed E-state index contributed by atoms with van der Waals surface area (Å²) in [5, 5.41) is 0. The van der Waals surface area contributed by atoms with Crippen molar-refractivity contribution in [2.45, 2.75) is 50.0 Å². The van der Waals surface area contributed by atoms with Gasteiger partial charge in [0.15, 0.2) is 22.9 Å². The Hall–Kier alpha value is -2.35. The smallest absolute Gasteiger partial charge is 0.382 e. The molecule has 0 aromatic carbocycles. The molecule has 226 valence electrons. The van der Waals surface area contributed by atoms with E-state index in [1.807, 2.05) is 0 Å². The lowest BCUT2D eigenvalue weighted by molar-refractivity contribution is -0.0399. The summed E-state index contributed by atoms with van der Waals surface area (Å²) in [6.45, 7) is -8.41. The molecule has 2 aliphatic heterocycles. The number of nitrogens with zero attached hydrogens (tertiary/aromatic N) is 8. The van der Waals surface area contributed by atoms with Gasteiger partial charge in [0.05, 0.1) is 32.0 Å². The van der Waals surface area contributed by atoms with Crippen molar-refractivity contribution in [3.63, 3.8) is 0 Å². The number of anilines is 2. The summed E-state index contributed by atoms with van der Waals surface area (Å²) in [4.78, 5) is 44.0. The van der Waals surface area contributed by atoms with Crippen molar-refractivity contribution < 1.29 is 37.4 Å². The number of aromatic nitrogens is 8. The van der Waals surface area contributed by atoms with Gasteiger partial charge in [-0.25, -0.2) is 34.5 Å². The van der Waals surface area contributed by atoms with Gasteiger partial charge in [-0.05, 0) is 24.6 Å². The van der Waals surface area contributed by atoms with Crippen LogP contribution in [0, 0.1) is 0 Å². The fraction of sp³-hybridized carbons (Fsp3) is 0.500. The summed E-state index contributed by atoms with van der Waals surface area (Å²) in [7, 11) is 0. The highest BCUT2D eigenvalue weighted by molar-refractivity contribution is 8.44. The summed E-state index contributed by atoms with van der Waals surface area (Å²) >= 11 is 8.72. The Bertz CT molecular complexity index is 1700. The van der Waals surface area contributed by atoms with Crippen molar-refractivity contribution in [1.29, 1.82) is 0 Å². The third-order valence-corrected chi connectivity index (χ3v) is 9.20. The zero-order valence-electron chi connectivity index (χ0n) is 21.6. The molecule has 6 atom stereocenters. The van der Waals surface area contributed by atoms with Crippen molar-refractivity contribution in [3.05, 3.63) is 25.3 Å². The van der Waals surface area contributed by atoms with Crippen molar-refractivity contribution in [2.75, 3.05) is 24.7 Å². The average Bonchev–Trinajstić information content (AvgIpc) is 3.71. The Balaban J connectivity index is 1.11. The zero-order valence-corrected chi connectivity index (χ0v) is 25.1. The van der Waals surface area contributed by atoms with Crippen molar-refractivity contribution >= 4 is 71.5 Å². The fourth-order valence-corrected chi connectivity index (χ4v) is 6.92. The van der Waals surface area contributed by atoms with Gasteiger partial charge in [0.1, 0.15) is 48.4 Å². The maximum Gasteiger partial charge on any atom is 0.386 e. The van der Waals surface area contributed by atoms with Crippen LogP contribution in [-0.4, -0.2) is 80.4 Å². The van der Waals surface area contributed by atoms with Gasteiger partial charge in [-0.1, -0.05) is 12.2 Å². The number of rotatable bonds is 10. The highest BCUT2D eigenvalue weighted by Crippen LogP contribution is 2.57. The minimum Gasteiger partial charge on any atom is -0.382 e. The Morgan fingerprint density at radius 2 is 1.55 bits per heavy atom. The second kappa shape index (κ2) is 11.6. The molecule has 4 aromatic rings. The van der Waals surface area contributed by atoms with Gasteiger partial charge in [-0.15, -0.1) is 0 Å². The summed E-state index contributed by atoms with van der Waals surface area (Å²) in [5.74, 6) is 0.456. The van der Waals surface area contributed by atoms with E-state index in [2.05, 4.69) is 54.0 Å². The van der Waals surface area contributed by atoms with Crippen LogP contribution >= 0.6 is 25.8 Å². The zero-order chi connectivity index (χ0) is 29.6. The molecule has 4 aromatic heterocycles. The predicted molar refractivity (Wildman–Crippen MR) is 153 cm³/mol. The maximum absolute atomic E-state index is 13.3. The van der Waals surface area contributed by atoms with Crippen LogP contribution in [0.1, 0.15) is 31.7 Å². The minimum atomic E-state index is -4.01. The number of hydrogen-bond acceptors (Lipinski definition) is 15. The Morgan fingerprint density at radius 1 is 0.929 bits per heavy atom. The number of thiol groups is 1. The van der Waals surface area contributed by atoms with Crippen LogP contribution in [0.3, 0.4) is 0 Å². The molecule has 2 saturated heterocycles. The van der Waals surface area contributed by atoms with Gasteiger partial charge in [0.25, 0.3) is 0 Å². The third-order valence-electron chi connectivity index (χ3n) is 6.76. The molecule has 0 radical (unpaired) electrons. The van der Waals surface area contributed by atoms with E-state index in [9.17, 15) is 14.4 Å². The summed E-state index contributed by atoms with van der Waals surface area (Å²) in [6.07, 6.45) is 3.71. The first-order chi connectivity index (χ1) is 20.0. The SMILES string of the molecule is Nc1ncnc2c1ncn2[C@H]1CC[C@@H](COP(=O)(S)O[C@@H]2C[C@H](n3cnc4c(N)ncnc43)O[C@@H]2COP(O)(O)=S)O1. The molecular weight excluding hydrogens is 634 g/mol. The van der Waals surface area contributed by atoms with E-state index in [1.165, 1.54) is 19.0 Å². The molecule has 0 saturated carbocycles. The Morgan fingerprint density at radius 3 is 2.17 bits per heavy atom. The summed E-state index contributed by atoms with van der Waals surface area (Å²) in [5.41, 5.74) is 13.6. The minimum absolute atomic E-state index is 0.0738. The molecule has 6 rings (SSSR count). The first-order valence-electron chi connectivity index (χ1n) is 12.5. The van der Waals surface area contributed by atoms with Gasteiger partial charge in [0, 0.05) is 6.42 Å². The van der Waals surface area contributed by atoms with Crippen LogP contribution in [-0.2, 0) is 39.4 Å². The lowest BCUT2D eigenvalue weighted by Crippen LogP contribution is -2.28. The maximum atomic E-state index is 13.3. The second-order valence-electron chi connectivity index (χ2n) is 9.52. The van der Waals surface area contributed by atoms with Gasteiger partial charge in [-0.3, -0.25) is 18.2 Å². The molecule has 0 spiro atoms. The first kappa shape index (κ1) is 29.7. The van der Waals surface area contributed by atoms with Gasteiger partial charge in [-0.2, -0.15) is 0 Å². The van der Waals surface area contributed by atoms with Crippen LogP contribution in [0.4, 0.5) is 11.6 Å². The first-order valence-corrected chi connectivity index (χ1v) is 17.8. The standard InChI is InChI=1S/C20H26N10O8P2S2/c21-17-15-19(25-6-23-17)29(8-27-15)13-2-1-10(36-13)4-35-40(33,42)38-11-3-14(37-12(11)5-34-39(31,32)41)30-9-28-16-18(22)24-7-26-20(16)30/h6-14H,1-5H2,(H,33,42)(H2,21,23,25)(H2,22,24,26)(H2,31,32,41)/t10-,11+,12+,13+,14+,40?/m0/s1. The quantitative estimate of drug-likeness (QED) is 0.119. The molecule has 18 nitrogen and oxygen atoms in total. The largest absolute Gasteiger partial charge is 0.386 e. The average molecular weight is 661 g/mol. The number of nitrogen functional groups attached to an aromatic ring is 2. The topological polar surface area (TPSA) is 243 Å². The van der Waals surface area contributed by atoms with Gasteiger partial charge < -0.3 is 35.3 Å². The van der Waals surface area contributed by atoms with E-state index < -0.39 is 38.1 Å². The molecule has 0 aliphatic carbocycles. The van der Waals surface area contributed by atoms with E-state index >= 15 is 0 Å². The Labute approximate surface area is 247 Å². The van der Waals surface area contributed by atoms with Crippen LogP contribution in [0.15, 0.2) is 25.3 Å².